The van der Waals surface area contributed by atoms with E-state index >= 15 is 0 Å². The molecule has 1 unspecified atom stereocenters. The number of nitrogens with zero attached hydrogens (tertiary/aromatic N) is 3. The Morgan fingerprint density at radius 2 is 2.42 bits per heavy atom. The third-order valence-corrected chi connectivity index (χ3v) is 5.69. The highest BCUT2D eigenvalue weighted by molar-refractivity contribution is 14.0. The average Bonchev–Trinajstić information content (AvgIpc) is 3.02. The first-order valence-corrected chi connectivity index (χ1v) is 9.35. The molecule has 2 N–H and O–H groups in total. The number of guanidine groups is 1. The zero-order valence-corrected chi connectivity index (χ0v) is 17.4. The fourth-order valence-corrected chi connectivity index (χ4v) is 4.20. The fourth-order valence-electron chi connectivity index (χ4n) is 3.02. The van der Waals surface area contributed by atoms with Gasteiger partial charge in [-0.05, 0) is 30.5 Å². The van der Waals surface area contributed by atoms with Crippen molar-refractivity contribution in [1.29, 1.82) is 0 Å². The maximum Gasteiger partial charge on any atom is 0.193 e. The smallest absolute Gasteiger partial charge is 0.193 e. The zero-order chi connectivity index (χ0) is 16.1. The van der Waals surface area contributed by atoms with E-state index in [1.54, 1.807) is 0 Å². The van der Waals surface area contributed by atoms with Crippen molar-refractivity contribution in [2.45, 2.75) is 25.0 Å². The quantitative estimate of drug-likeness (QED) is 0.419. The third-order valence-electron chi connectivity index (χ3n) is 4.32. The topological polar surface area (TPSA) is 56.3 Å². The predicted octanol–water partition coefficient (Wildman–Crippen LogP) is 3.13. The van der Waals surface area contributed by atoms with Crippen LogP contribution in [0.25, 0.3) is 11.0 Å². The summed E-state index contributed by atoms with van der Waals surface area (Å²) in [5, 5.41) is 5.46. The summed E-state index contributed by atoms with van der Waals surface area (Å²) in [4.78, 5) is 14.4. The number of pyridine rings is 1. The second kappa shape index (κ2) is 9.50. The molecule has 1 aliphatic heterocycles. The SMILES string of the molecule is CCC1CN(C(=NC)NCCc2c[nH]c3ncccc23)CCS1.I. The van der Waals surface area contributed by atoms with Crippen LogP contribution < -0.4 is 5.32 Å². The molecule has 0 bridgehead atoms. The maximum atomic E-state index is 4.46. The molecule has 24 heavy (non-hydrogen) atoms. The van der Waals surface area contributed by atoms with Crippen LogP contribution in [0.1, 0.15) is 18.9 Å². The van der Waals surface area contributed by atoms with E-state index in [1.165, 1.54) is 23.1 Å². The van der Waals surface area contributed by atoms with E-state index in [-0.39, 0.29) is 24.0 Å². The number of halogens is 1. The van der Waals surface area contributed by atoms with E-state index in [0.29, 0.717) is 0 Å². The lowest BCUT2D eigenvalue weighted by molar-refractivity contribution is 0.408. The van der Waals surface area contributed by atoms with Crippen LogP contribution in [0.2, 0.25) is 0 Å². The van der Waals surface area contributed by atoms with Crippen LogP contribution in [0.3, 0.4) is 0 Å². The molecule has 3 rings (SSSR count). The van der Waals surface area contributed by atoms with Gasteiger partial charge in [0.2, 0.25) is 0 Å². The minimum atomic E-state index is 0. The molecule has 1 saturated heterocycles. The summed E-state index contributed by atoms with van der Waals surface area (Å²) in [5.74, 6) is 2.22. The van der Waals surface area contributed by atoms with Crippen molar-refractivity contribution in [2.24, 2.45) is 4.99 Å². The molecule has 5 nitrogen and oxygen atoms in total. The van der Waals surface area contributed by atoms with Crippen LogP contribution in [0.4, 0.5) is 0 Å². The Morgan fingerprint density at radius 1 is 1.54 bits per heavy atom. The summed E-state index contributed by atoms with van der Waals surface area (Å²) in [6.07, 6.45) is 6.07. The Hall–Kier alpha value is -0.960. The molecule has 2 aromatic rings. The molecule has 1 aliphatic rings. The highest BCUT2D eigenvalue weighted by atomic mass is 127. The molecule has 0 radical (unpaired) electrons. The first-order valence-electron chi connectivity index (χ1n) is 8.30. The van der Waals surface area contributed by atoms with Crippen molar-refractivity contribution >= 4 is 52.7 Å². The summed E-state index contributed by atoms with van der Waals surface area (Å²) in [5.41, 5.74) is 2.27. The van der Waals surface area contributed by atoms with E-state index in [4.69, 9.17) is 0 Å². The highest BCUT2D eigenvalue weighted by Gasteiger charge is 2.21. The number of thioether (sulfide) groups is 1. The van der Waals surface area contributed by atoms with Crippen LogP contribution >= 0.6 is 35.7 Å². The molecule has 2 aromatic heterocycles. The number of hydrogen-bond donors (Lipinski definition) is 2. The number of aromatic amines is 1. The molecule has 3 heterocycles. The molecule has 0 amide bonds. The van der Waals surface area contributed by atoms with Gasteiger partial charge in [-0.2, -0.15) is 11.8 Å². The molecule has 0 saturated carbocycles. The van der Waals surface area contributed by atoms with Crippen molar-refractivity contribution in [1.82, 2.24) is 20.2 Å². The molecule has 132 valence electrons. The van der Waals surface area contributed by atoms with Crippen molar-refractivity contribution in [3.05, 3.63) is 30.1 Å². The standard InChI is InChI=1S/C17H25N5S.HI/c1-3-14-12-22(9-10-23-14)17(18-2)20-8-6-13-11-21-16-15(13)5-4-7-19-16;/h4-5,7,11,14H,3,6,8-10,12H2,1-2H3,(H,18,20)(H,19,21);1H. The minimum absolute atomic E-state index is 0. The van der Waals surface area contributed by atoms with E-state index in [1.807, 2.05) is 19.3 Å². The van der Waals surface area contributed by atoms with E-state index < -0.39 is 0 Å². The second-order valence-electron chi connectivity index (χ2n) is 5.78. The van der Waals surface area contributed by atoms with E-state index in [2.05, 4.69) is 56.1 Å². The number of rotatable bonds is 4. The minimum Gasteiger partial charge on any atom is -0.356 e. The van der Waals surface area contributed by atoms with Gasteiger partial charge in [-0.1, -0.05) is 6.92 Å². The van der Waals surface area contributed by atoms with E-state index in [9.17, 15) is 0 Å². The van der Waals surface area contributed by atoms with Gasteiger partial charge in [-0.3, -0.25) is 4.99 Å². The van der Waals surface area contributed by atoms with Crippen molar-refractivity contribution in [2.75, 3.05) is 32.4 Å². The lowest BCUT2D eigenvalue weighted by atomic mass is 10.1. The molecule has 0 spiro atoms. The van der Waals surface area contributed by atoms with E-state index in [0.717, 1.165) is 42.9 Å². The van der Waals surface area contributed by atoms with Gasteiger partial charge in [-0.15, -0.1) is 24.0 Å². The molecular weight excluding hydrogens is 433 g/mol. The summed E-state index contributed by atoms with van der Waals surface area (Å²) >= 11 is 2.08. The van der Waals surface area contributed by atoms with Crippen molar-refractivity contribution in [3.63, 3.8) is 0 Å². The average molecular weight is 459 g/mol. The van der Waals surface area contributed by atoms with Crippen molar-refractivity contribution < 1.29 is 0 Å². The highest BCUT2D eigenvalue weighted by Crippen LogP contribution is 2.21. The number of aromatic nitrogens is 2. The number of fused-ring (bicyclic) bond motifs is 1. The zero-order valence-electron chi connectivity index (χ0n) is 14.3. The lowest BCUT2D eigenvalue weighted by Gasteiger charge is -2.34. The van der Waals surface area contributed by atoms with Gasteiger partial charge in [0.15, 0.2) is 5.96 Å². The molecule has 0 aliphatic carbocycles. The largest absolute Gasteiger partial charge is 0.356 e. The number of hydrogen-bond acceptors (Lipinski definition) is 3. The second-order valence-corrected chi connectivity index (χ2v) is 7.19. The van der Waals surface area contributed by atoms with Gasteiger partial charge in [0.1, 0.15) is 5.65 Å². The summed E-state index contributed by atoms with van der Waals surface area (Å²) in [7, 11) is 1.88. The molecule has 1 fully saturated rings. The fraction of sp³-hybridized carbons (Fsp3) is 0.529. The van der Waals surface area contributed by atoms with Crippen LogP contribution in [-0.2, 0) is 6.42 Å². The maximum absolute atomic E-state index is 4.46. The predicted molar refractivity (Wildman–Crippen MR) is 115 cm³/mol. The molecule has 7 heteroatoms. The third kappa shape index (κ3) is 4.56. The number of nitrogens with one attached hydrogen (secondary N) is 2. The molecular formula is C17H26IN5S. The number of H-pyrrole nitrogens is 1. The summed E-state index contributed by atoms with van der Waals surface area (Å²) in [6.45, 7) is 5.33. The van der Waals surface area contributed by atoms with Crippen molar-refractivity contribution in [3.8, 4) is 0 Å². The number of aliphatic imine (C=N–C) groups is 1. The van der Waals surface area contributed by atoms with Crippen LogP contribution in [0.5, 0.6) is 0 Å². The Morgan fingerprint density at radius 3 is 3.21 bits per heavy atom. The van der Waals surface area contributed by atoms with Crippen LogP contribution in [-0.4, -0.2) is 58.5 Å². The van der Waals surface area contributed by atoms with Gasteiger partial charge >= 0.3 is 0 Å². The van der Waals surface area contributed by atoms with Crippen LogP contribution in [0.15, 0.2) is 29.5 Å². The Balaban J connectivity index is 0.00000208. The summed E-state index contributed by atoms with van der Waals surface area (Å²) in [6, 6.07) is 4.11. The molecule has 0 aromatic carbocycles. The first kappa shape index (κ1) is 19.4. The normalized spacial score (nSPS) is 18.5. The lowest BCUT2D eigenvalue weighted by Crippen LogP contribution is -2.48. The van der Waals surface area contributed by atoms with Gasteiger partial charge in [0.25, 0.3) is 0 Å². The summed E-state index contributed by atoms with van der Waals surface area (Å²) < 4.78 is 0. The Kier molecular flexibility index (Phi) is 7.67. The monoisotopic (exact) mass is 459 g/mol. The van der Waals surface area contributed by atoms with Gasteiger partial charge in [-0.25, -0.2) is 4.98 Å². The first-order chi connectivity index (χ1) is 11.3. The van der Waals surface area contributed by atoms with Gasteiger partial charge < -0.3 is 15.2 Å². The van der Waals surface area contributed by atoms with Crippen LogP contribution in [0, 0.1) is 0 Å². The van der Waals surface area contributed by atoms with Gasteiger partial charge in [0.05, 0.1) is 0 Å². The Labute approximate surface area is 165 Å². The van der Waals surface area contributed by atoms with Gasteiger partial charge in [0, 0.05) is 55.5 Å². The Bertz CT molecular complexity index is 672. The molecule has 1 atom stereocenters.